The van der Waals surface area contributed by atoms with E-state index in [1.807, 2.05) is 0 Å². The molecule has 21 heavy (non-hydrogen) atoms. The highest BCUT2D eigenvalue weighted by atomic mass is 35.5. The molecule has 0 bridgehead atoms. The number of hydrogen-bond acceptors (Lipinski definition) is 3. The predicted octanol–water partition coefficient (Wildman–Crippen LogP) is 4.75. The molecule has 1 rings (SSSR count). The summed E-state index contributed by atoms with van der Waals surface area (Å²) >= 11 is 6.00. The quantitative estimate of drug-likeness (QED) is 0.612. The van der Waals surface area contributed by atoms with Crippen LogP contribution in [0.2, 0.25) is 5.02 Å². The third-order valence-corrected chi connectivity index (χ3v) is 3.76. The van der Waals surface area contributed by atoms with Gasteiger partial charge in [-0.25, -0.2) is 0 Å². The number of halogens is 1. The first-order valence-corrected chi connectivity index (χ1v) is 8.18. The maximum atomic E-state index is 10.0. The topological polar surface area (TPSA) is 41.5 Å². The Bertz CT molecular complexity index is 421. The lowest BCUT2D eigenvalue weighted by Gasteiger charge is -2.11. The zero-order chi connectivity index (χ0) is 15.7. The third kappa shape index (κ3) is 7.05. The van der Waals surface area contributed by atoms with Gasteiger partial charge >= 0.3 is 0 Å². The van der Waals surface area contributed by atoms with E-state index >= 15 is 0 Å². The van der Waals surface area contributed by atoms with Gasteiger partial charge in [0.1, 0.15) is 0 Å². The van der Waals surface area contributed by atoms with Gasteiger partial charge in [-0.3, -0.25) is 0 Å². The molecule has 0 spiro atoms. The summed E-state index contributed by atoms with van der Waals surface area (Å²) < 4.78 is 5.10. The fourth-order valence-corrected chi connectivity index (χ4v) is 2.53. The standard InChI is InChI=1S/C17H28ClNO2/c1-13(2)8-6-4-5-7-9-19-12-14-10-15(18)11-16(21-3)17(14)20/h10-11,13,19-20H,4-9,12H2,1-3H3. The lowest BCUT2D eigenvalue weighted by molar-refractivity contribution is 0.369. The van der Waals surface area contributed by atoms with Gasteiger partial charge in [0.2, 0.25) is 0 Å². The minimum absolute atomic E-state index is 0.173. The molecule has 0 saturated heterocycles. The molecular weight excluding hydrogens is 286 g/mol. The van der Waals surface area contributed by atoms with E-state index in [9.17, 15) is 5.11 Å². The fraction of sp³-hybridized carbons (Fsp3) is 0.647. The SMILES string of the molecule is COc1cc(Cl)cc(CNCCCCCCC(C)C)c1O. The lowest BCUT2D eigenvalue weighted by atomic mass is 10.0. The Morgan fingerprint density at radius 2 is 1.90 bits per heavy atom. The largest absolute Gasteiger partial charge is 0.504 e. The number of unbranched alkanes of at least 4 members (excludes halogenated alkanes) is 3. The predicted molar refractivity (Wildman–Crippen MR) is 89.3 cm³/mol. The van der Waals surface area contributed by atoms with E-state index in [-0.39, 0.29) is 5.75 Å². The van der Waals surface area contributed by atoms with Crippen LogP contribution in [-0.2, 0) is 6.54 Å². The molecule has 0 heterocycles. The summed E-state index contributed by atoms with van der Waals surface area (Å²) in [7, 11) is 1.53. The number of nitrogens with one attached hydrogen (secondary N) is 1. The maximum Gasteiger partial charge on any atom is 0.162 e. The Morgan fingerprint density at radius 1 is 1.19 bits per heavy atom. The van der Waals surface area contributed by atoms with Crippen molar-refractivity contribution in [3.8, 4) is 11.5 Å². The van der Waals surface area contributed by atoms with Crippen LogP contribution in [-0.4, -0.2) is 18.8 Å². The van der Waals surface area contributed by atoms with Gasteiger partial charge in [-0.15, -0.1) is 0 Å². The highest BCUT2D eigenvalue weighted by molar-refractivity contribution is 6.30. The van der Waals surface area contributed by atoms with E-state index in [0.29, 0.717) is 17.3 Å². The van der Waals surface area contributed by atoms with Crippen molar-refractivity contribution in [2.75, 3.05) is 13.7 Å². The zero-order valence-electron chi connectivity index (χ0n) is 13.4. The summed E-state index contributed by atoms with van der Waals surface area (Å²) in [5.74, 6) is 1.41. The van der Waals surface area contributed by atoms with E-state index < -0.39 is 0 Å². The normalized spacial score (nSPS) is 11.1. The molecule has 4 heteroatoms. The molecular formula is C17H28ClNO2. The molecule has 3 nitrogen and oxygen atoms in total. The Balaban J connectivity index is 2.22. The summed E-state index contributed by atoms with van der Waals surface area (Å²) in [6.45, 7) is 6.10. The van der Waals surface area contributed by atoms with Crippen LogP contribution in [0.1, 0.15) is 51.5 Å². The molecule has 0 aliphatic carbocycles. The Hall–Kier alpha value is -0.930. The van der Waals surface area contributed by atoms with Crippen molar-refractivity contribution in [2.45, 2.75) is 52.5 Å². The van der Waals surface area contributed by atoms with Crippen molar-refractivity contribution in [2.24, 2.45) is 5.92 Å². The number of rotatable bonds is 10. The van der Waals surface area contributed by atoms with Crippen molar-refractivity contribution in [1.82, 2.24) is 5.32 Å². The van der Waals surface area contributed by atoms with E-state index in [0.717, 1.165) is 24.4 Å². The molecule has 0 fully saturated rings. The summed E-state index contributed by atoms with van der Waals surface area (Å²) in [5, 5.41) is 13.9. The Labute approximate surface area is 133 Å². The number of aromatic hydroxyl groups is 1. The van der Waals surface area contributed by atoms with Crippen LogP contribution < -0.4 is 10.1 Å². The lowest BCUT2D eigenvalue weighted by Crippen LogP contribution is -2.14. The van der Waals surface area contributed by atoms with E-state index in [1.165, 1.54) is 32.8 Å². The first kappa shape index (κ1) is 18.1. The van der Waals surface area contributed by atoms with Crippen molar-refractivity contribution in [1.29, 1.82) is 0 Å². The number of benzene rings is 1. The van der Waals surface area contributed by atoms with Gasteiger partial charge in [-0.05, 0) is 24.9 Å². The van der Waals surface area contributed by atoms with Crippen molar-refractivity contribution >= 4 is 11.6 Å². The van der Waals surface area contributed by atoms with Crippen LogP contribution in [0.3, 0.4) is 0 Å². The van der Waals surface area contributed by atoms with Crippen LogP contribution in [0.15, 0.2) is 12.1 Å². The van der Waals surface area contributed by atoms with Gasteiger partial charge in [0.15, 0.2) is 11.5 Å². The molecule has 0 aliphatic heterocycles. The molecule has 120 valence electrons. The van der Waals surface area contributed by atoms with Gasteiger partial charge < -0.3 is 15.2 Å². The molecule has 0 amide bonds. The third-order valence-electron chi connectivity index (χ3n) is 3.54. The minimum Gasteiger partial charge on any atom is -0.504 e. The number of phenolic OH excluding ortho intramolecular Hbond substituents is 1. The van der Waals surface area contributed by atoms with Crippen LogP contribution in [0.4, 0.5) is 0 Å². The molecule has 0 saturated carbocycles. The Kier molecular flexibility index (Phi) is 8.55. The number of methoxy groups -OCH3 is 1. The molecule has 0 atom stereocenters. The molecule has 1 aromatic rings. The fourth-order valence-electron chi connectivity index (χ4n) is 2.30. The van der Waals surface area contributed by atoms with E-state index in [2.05, 4.69) is 19.2 Å². The molecule has 2 N–H and O–H groups in total. The van der Waals surface area contributed by atoms with Crippen molar-refractivity contribution in [3.63, 3.8) is 0 Å². The Morgan fingerprint density at radius 3 is 2.57 bits per heavy atom. The maximum absolute atomic E-state index is 10.0. The summed E-state index contributed by atoms with van der Waals surface area (Å²) in [6, 6.07) is 3.39. The smallest absolute Gasteiger partial charge is 0.162 e. The minimum atomic E-state index is 0.173. The number of phenols is 1. The highest BCUT2D eigenvalue weighted by Gasteiger charge is 2.09. The highest BCUT2D eigenvalue weighted by Crippen LogP contribution is 2.33. The first-order valence-electron chi connectivity index (χ1n) is 7.80. The van der Waals surface area contributed by atoms with E-state index in [4.69, 9.17) is 16.3 Å². The molecule has 1 aromatic carbocycles. The van der Waals surface area contributed by atoms with Gasteiger partial charge in [-0.1, -0.05) is 51.1 Å². The van der Waals surface area contributed by atoms with Gasteiger partial charge in [0, 0.05) is 23.2 Å². The zero-order valence-corrected chi connectivity index (χ0v) is 14.2. The average Bonchev–Trinajstić information content (AvgIpc) is 2.44. The molecule has 0 radical (unpaired) electrons. The molecule has 0 unspecified atom stereocenters. The second kappa shape index (κ2) is 9.91. The van der Waals surface area contributed by atoms with Crippen molar-refractivity contribution < 1.29 is 9.84 Å². The average molecular weight is 314 g/mol. The van der Waals surface area contributed by atoms with Crippen LogP contribution >= 0.6 is 11.6 Å². The molecule has 0 aromatic heterocycles. The summed E-state index contributed by atoms with van der Waals surface area (Å²) in [4.78, 5) is 0. The van der Waals surface area contributed by atoms with Gasteiger partial charge in [0.05, 0.1) is 7.11 Å². The van der Waals surface area contributed by atoms with E-state index in [1.54, 1.807) is 12.1 Å². The second-order valence-electron chi connectivity index (χ2n) is 5.89. The second-order valence-corrected chi connectivity index (χ2v) is 6.33. The number of ether oxygens (including phenoxy) is 1. The van der Waals surface area contributed by atoms with Gasteiger partial charge in [0.25, 0.3) is 0 Å². The first-order chi connectivity index (χ1) is 10.0. The monoisotopic (exact) mass is 313 g/mol. The van der Waals surface area contributed by atoms with Gasteiger partial charge in [-0.2, -0.15) is 0 Å². The van der Waals surface area contributed by atoms with Crippen LogP contribution in [0, 0.1) is 5.92 Å². The van der Waals surface area contributed by atoms with Crippen LogP contribution in [0.25, 0.3) is 0 Å². The molecule has 0 aliphatic rings. The van der Waals surface area contributed by atoms with Crippen molar-refractivity contribution in [3.05, 3.63) is 22.7 Å². The number of hydrogen-bond donors (Lipinski definition) is 2. The van der Waals surface area contributed by atoms with Crippen LogP contribution in [0.5, 0.6) is 11.5 Å². The summed E-state index contributed by atoms with van der Waals surface area (Å²) in [6.07, 6.45) is 6.37. The summed E-state index contributed by atoms with van der Waals surface area (Å²) in [5.41, 5.74) is 0.777.